The zero-order chi connectivity index (χ0) is 11.5. The highest BCUT2D eigenvalue weighted by Crippen LogP contribution is 2.30. The van der Waals surface area contributed by atoms with Crippen LogP contribution in [0.3, 0.4) is 0 Å². The Morgan fingerprint density at radius 3 is 3.00 bits per heavy atom. The fourth-order valence-electron chi connectivity index (χ4n) is 1.60. The number of nitro benzene ring substituents is 1. The molecular formula is C10H11ClN2O3. The minimum Gasteiger partial charge on any atom is -0.487 e. The van der Waals surface area contributed by atoms with Crippen LogP contribution in [0.4, 0.5) is 5.69 Å². The quantitative estimate of drug-likeness (QED) is 0.650. The summed E-state index contributed by atoms with van der Waals surface area (Å²) in [7, 11) is 0. The van der Waals surface area contributed by atoms with Crippen LogP contribution in [-0.2, 0) is 0 Å². The Labute approximate surface area is 97.5 Å². The highest BCUT2D eigenvalue weighted by Gasteiger charge is 2.18. The summed E-state index contributed by atoms with van der Waals surface area (Å²) in [5, 5.41) is 14.1. The molecule has 1 atom stereocenters. The molecule has 6 heteroatoms. The van der Waals surface area contributed by atoms with Gasteiger partial charge in [0.05, 0.1) is 16.0 Å². The first-order valence-corrected chi connectivity index (χ1v) is 5.36. The largest absolute Gasteiger partial charge is 0.487 e. The van der Waals surface area contributed by atoms with E-state index in [-0.39, 0.29) is 11.8 Å². The van der Waals surface area contributed by atoms with Crippen LogP contribution in [0.25, 0.3) is 0 Å². The molecular weight excluding hydrogens is 232 g/mol. The van der Waals surface area contributed by atoms with Gasteiger partial charge in [0, 0.05) is 12.6 Å². The first-order chi connectivity index (χ1) is 7.66. The summed E-state index contributed by atoms with van der Waals surface area (Å²) in [6, 6.07) is 4.21. The second kappa shape index (κ2) is 4.67. The number of halogens is 1. The molecule has 1 aliphatic heterocycles. The third-order valence-electron chi connectivity index (χ3n) is 2.43. The minimum atomic E-state index is -0.462. The zero-order valence-corrected chi connectivity index (χ0v) is 9.24. The first kappa shape index (κ1) is 11.2. The molecule has 0 spiro atoms. The SMILES string of the molecule is O=[N+]([O-])c1ccc(Cl)c(O[C@H]2CCNC2)c1. The molecule has 0 unspecified atom stereocenters. The van der Waals surface area contributed by atoms with Gasteiger partial charge >= 0.3 is 0 Å². The van der Waals surface area contributed by atoms with E-state index < -0.39 is 4.92 Å². The Bertz CT molecular complexity index is 405. The molecule has 1 heterocycles. The van der Waals surface area contributed by atoms with Crippen molar-refractivity contribution in [2.24, 2.45) is 0 Å². The second-order valence-corrected chi connectivity index (χ2v) is 4.01. The highest BCUT2D eigenvalue weighted by atomic mass is 35.5. The molecule has 1 aliphatic rings. The number of ether oxygens (including phenoxy) is 1. The van der Waals surface area contributed by atoms with E-state index in [0.717, 1.165) is 19.5 Å². The molecule has 1 saturated heterocycles. The van der Waals surface area contributed by atoms with Gasteiger partial charge in [0.15, 0.2) is 0 Å². The van der Waals surface area contributed by atoms with E-state index >= 15 is 0 Å². The van der Waals surface area contributed by atoms with E-state index in [9.17, 15) is 10.1 Å². The Morgan fingerprint density at radius 1 is 1.56 bits per heavy atom. The van der Waals surface area contributed by atoms with Gasteiger partial charge in [-0.05, 0) is 19.0 Å². The molecule has 1 aromatic rings. The van der Waals surface area contributed by atoms with Gasteiger partial charge in [0.25, 0.3) is 5.69 Å². The minimum absolute atomic E-state index is 0.00893. The third-order valence-corrected chi connectivity index (χ3v) is 2.75. The summed E-state index contributed by atoms with van der Waals surface area (Å²) in [6.07, 6.45) is 0.929. The van der Waals surface area contributed by atoms with Gasteiger partial charge in [-0.3, -0.25) is 10.1 Å². The van der Waals surface area contributed by atoms with Crippen LogP contribution >= 0.6 is 11.6 Å². The summed E-state index contributed by atoms with van der Waals surface area (Å²) in [4.78, 5) is 10.1. The average Bonchev–Trinajstić information content (AvgIpc) is 2.73. The normalized spacial score (nSPS) is 19.7. The van der Waals surface area contributed by atoms with E-state index in [1.807, 2.05) is 0 Å². The molecule has 0 amide bonds. The average molecular weight is 243 g/mol. The van der Waals surface area contributed by atoms with E-state index in [1.54, 1.807) is 0 Å². The lowest BCUT2D eigenvalue weighted by atomic mass is 10.3. The Kier molecular flexibility index (Phi) is 3.26. The number of benzene rings is 1. The fourth-order valence-corrected chi connectivity index (χ4v) is 1.77. The van der Waals surface area contributed by atoms with Crippen molar-refractivity contribution in [2.45, 2.75) is 12.5 Å². The Balaban J connectivity index is 2.17. The van der Waals surface area contributed by atoms with Gasteiger partial charge in [-0.25, -0.2) is 0 Å². The van der Waals surface area contributed by atoms with E-state index in [1.165, 1.54) is 18.2 Å². The molecule has 86 valence electrons. The van der Waals surface area contributed by atoms with E-state index in [0.29, 0.717) is 10.8 Å². The molecule has 1 aromatic carbocycles. The fraction of sp³-hybridized carbons (Fsp3) is 0.400. The maximum atomic E-state index is 10.6. The first-order valence-electron chi connectivity index (χ1n) is 4.98. The van der Waals surface area contributed by atoms with Crippen molar-refractivity contribution in [3.63, 3.8) is 0 Å². The van der Waals surface area contributed by atoms with Crippen LogP contribution in [0.15, 0.2) is 18.2 Å². The molecule has 0 radical (unpaired) electrons. The zero-order valence-electron chi connectivity index (χ0n) is 8.48. The van der Waals surface area contributed by atoms with Crippen molar-refractivity contribution in [1.29, 1.82) is 0 Å². The highest BCUT2D eigenvalue weighted by molar-refractivity contribution is 6.32. The van der Waals surface area contributed by atoms with Crippen molar-refractivity contribution in [2.75, 3.05) is 13.1 Å². The van der Waals surface area contributed by atoms with Crippen molar-refractivity contribution in [3.8, 4) is 5.75 Å². The number of nitrogens with zero attached hydrogens (tertiary/aromatic N) is 1. The summed E-state index contributed by atoms with van der Waals surface area (Å²) in [5.41, 5.74) is -0.00893. The van der Waals surface area contributed by atoms with E-state index in [4.69, 9.17) is 16.3 Å². The smallest absolute Gasteiger partial charge is 0.273 e. The maximum Gasteiger partial charge on any atom is 0.273 e. The Morgan fingerprint density at radius 2 is 2.38 bits per heavy atom. The van der Waals surface area contributed by atoms with Crippen LogP contribution in [0.5, 0.6) is 5.75 Å². The number of rotatable bonds is 3. The van der Waals surface area contributed by atoms with Gasteiger partial charge < -0.3 is 10.1 Å². The molecule has 0 saturated carbocycles. The molecule has 1 N–H and O–H groups in total. The van der Waals surface area contributed by atoms with Gasteiger partial charge in [0.1, 0.15) is 11.9 Å². The number of nitrogens with one attached hydrogen (secondary N) is 1. The van der Waals surface area contributed by atoms with Crippen LogP contribution < -0.4 is 10.1 Å². The van der Waals surface area contributed by atoms with Gasteiger partial charge in [-0.1, -0.05) is 11.6 Å². The van der Waals surface area contributed by atoms with Crippen molar-refractivity contribution in [3.05, 3.63) is 33.3 Å². The number of non-ortho nitro benzene ring substituents is 1. The lowest BCUT2D eigenvalue weighted by molar-refractivity contribution is -0.384. The molecule has 16 heavy (non-hydrogen) atoms. The van der Waals surface area contributed by atoms with Crippen molar-refractivity contribution >= 4 is 17.3 Å². The lowest BCUT2D eigenvalue weighted by Gasteiger charge is -2.13. The van der Waals surface area contributed by atoms with Crippen molar-refractivity contribution < 1.29 is 9.66 Å². The van der Waals surface area contributed by atoms with Crippen LogP contribution in [0.2, 0.25) is 5.02 Å². The molecule has 5 nitrogen and oxygen atoms in total. The maximum absolute atomic E-state index is 10.6. The summed E-state index contributed by atoms with van der Waals surface area (Å²) in [6.45, 7) is 1.65. The van der Waals surface area contributed by atoms with Gasteiger partial charge in [0.2, 0.25) is 0 Å². The third kappa shape index (κ3) is 2.43. The molecule has 0 aliphatic carbocycles. The number of hydrogen-bond donors (Lipinski definition) is 1. The number of nitro groups is 1. The van der Waals surface area contributed by atoms with Crippen molar-refractivity contribution in [1.82, 2.24) is 5.32 Å². The Hall–Kier alpha value is -1.33. The predicted molar refractivity (Wildman–Crippen MR) is 60.0 cm³/mol. The molecule has 0 aromatic heterocycles. The van der Waals surface area contributed by atoms with Gasteiger partial charge in [-0.15, -0.1) is 0 Å². The van der Waals surface area contributed by atoms with Gasteiger partial charge in [-0.2, -0.15) is 0 Å². The van der Waals surface area contributed by atoms with Crippen LogP contribution in [-0.4, -0.2) is 24.1 Å². The second-order valence-electron chi connectivity index (χ2n) is 3.60. The summed E-state index contributed by atoms with van der Waals surface area (Å²) >= 11 is 5.91. The standard InChI is InChI=1S/C10H11ClN2O3/c11-9-2-1-7(13(14)15)5-10(9)16-8-3-4-12-6-8/h1-2,5,8,12H,3-4,6H2/t8-/m0/s1. The molecule has 0 bridgehead atoms. The van der Waals surface area contributed by atoms with E-state index in [2.05, 4.69) is 5.32 Å². The molecule has 2 rings (SSSR count). The summed E-state index contributed by atoms with van der Waals surface area (Å²) < 4.78 is 5.60. The predicted octanol–water partition coefficient (Wildman–Crippen LogP) is 1.99. The number of hydrogen-bond acceptors (Lipinski definition) is 4. The monoisotopic (exact) mass is 242 g/mol. The van der Waals surface area contributed by atoms with Crippen LogP contribution in [0, 0.1) is 10.1 Å². The lowest BCUT2D eigenvalue weighted by Crippen LogP contribution is -2.19. The topological polar surface area (TPSA) is 64.4 Å². The van der Waals surface area contributed by atoms with Crippen LogP contribution in [0.1, 0.15) is 6.42 Å². The summed E-state index contributed by atoms with van der Waals surface area (Å²) in [5.74, 6) is 0.379. The molecule has 1 fully saturated rings.